The van der Waals surface area contributed by atoms with Crippen LogP contribution < -0.4 is 14.8 Å². The van der Waals surface area contributed by atoms with Crippen LogP contribution >= 0.6 is 0 Å². The van der Waals surface area contributed by atoms with E-state index in [9.17, 15) is 13.2 Å². The van der Waals surface area contributed by atoms with Crippen molar-refractivity contribution in [2.24, 2.45) is 0 Å². The summed E-state index contributed by atoms with van der Waals surface area (Å²) in [5, 5.41) is 3.03. The topological polar surface area (TPSA) is 87.7 Å². The van der Waals surface area contributed by atoms with Gasteiger partial charge in [-0.15, -0.1) is 0 Å². The molecule has 0 spiro atoms. The normalized spacial score (nSPS) is 14.9. The second-order valence-electron chi connectivity index (χ2n) is 8.47. The average molecular weight is 494 g/mol. The summed E-state index contributed by atoms with van der Waals surface area (Å²) in [4.78, 5) is 15.3. The van der Waals surface area contributed by atoms with Gasteiger partial charge in [-0.2, -0.15) is 0 Å². The van der Waals surface area contributed by atoms with Gasteiger partial charge in [0.25, 0.3) is 15.9 Å². The molecule has 35 heavy (non-hydrogen) atoms. The molecule has 0 radical (unpaired) electrons. The third-order valence-electron chi connectivity index (χ3n) is 6.07. The smallest absolute Gasteiger partial charge is 0.261 e. The molecule has 1 heterocycles. The van der Waals surface area contributed by atoms with Gasteiger partial charge in [-0.25, -0.2) is 8.42 Å². The number of hydrogen-bond donors (Lipinski definition) is 2. The fourth-order valence-electron chi connectivity index (χ4n) is 4.26. The molecule has 1 atom stereocenters. The van der Waals surface area contributed by atoms with E-state index in [2.05, 4.69) is 27.1 Å². The monoisotopic (exact) mass is 493 g/mol. The van der Waals surface area contributed by atoms with Crippen LogP contribution in [0.3, 0.4) is 0 Å². The first-order chi connectivity index (χ1) is 17.0. The number of sulfonamides is 1. The number of carbonyl (C=O) groups excluding carboxylic acids is 1. The van der Waals surface area contributed by atoms with Crippen LogP contribution in [0.1, 0.15) is 41.7 Å². The highest BCUT2D eigenvalue weighted by Gasteiger charge is 2.24. The lowest BCUT2D eigenvalue weighted by Crippen LogP contribution is -2.36. The van der Waals surface area contributed by atoms with E-state index in [0.717, 1.165) is 25.9 Å². The molecule has 1 amide bonds. The third-order valence-corrected chi connectivity index (χ3v) is 7.46. The van der Waals surface area contributed by atoms with Gasteiger partial charge in [0, 0.05) is 17.8 Å². The van der Waals surface area contributed by atoms with Gasteiger partial charge in [0.15, 0.2) is 0 Å². The predicted octanol–water partition coefficient (Wildman–Crippen LogP) is 4.45. The lowest BCUT2D eigenvalue weighted by atomic mass is 10.1. The summed E-state index contributed by atoms with van der Waals surface area (Å²) in [6, 6.07) is 23.0. The summed E-state index contributed by atoms with van der Waals surface area (Å²) >= 11 is 0. The van der Waals surface area contributed by atoms with Crippen molar-refractivity contribution in [2.75, 3.05) is 31.0 Å². The molecule has 4 rings (SSSR count). The second-order valence-corrected chi connectivity index (χ2v) is 10.1. The Morgan fingerprint density at radius 3 is 2.23 bits per heavy atom. The Labute approximate surface area is 207 Å². The Balaban J connectivity index is 1.39. The van der Waals surface area contributed by atoms with Gasteiger partial charge in [-0.1, -0.05) is 30.3 Å². The maximum atomic E-state index is 12.8. The molecule has 0 saturated carbocycles. The maximum Gasteiger partial charge on any atom is 0.261 e. The Bertz CT molecular complexity index is 1210. The lowest BCUT2D eigenvalue weighted by molar-refractivity contribution is 0.0938. The highest BCUT2D eigenvalue weighted by atomic mass is 32.2. The number of nitrogens with zero attached hydrogens (tertiary/aromatic N) is 1. The van der Waals surface area contributed by atoms with Crippen molar-refractivity contribution >= 4 is 21.6 Å². The molecule has 3 aromatic rings. The number of benzene rings is 3. The molecule has 0 bridgehead atoms. The van der Waals surface area contributed by atoms with E-state index in [1.165, 1.54) is 29.8 Å². The minimum atomic E-state index is -3.78. The van der Waals surface area contributed by atoms with Gasteiger partial charge in [-0.3, -0.25) is 14.4 Å². The molecule has 1 aliphatic rings. The van der Waals surface area contributed by atoms with Crippen LogP contribution in [0.5, 0.6) is 5.75 Å². The zero-order chi connectivity index (χ0) is 24.7. The highest BCUT2D eigenvalue weighted by molar-refractivity contribution is 7.92. The standard InChI is InChI=1S/C27H31N3O4S/c1-2-34-24-14-12-23(13-15-24)29-35(32,33)25-16-10-22(11-17-25)27(31)28-20-26(30-18-6-7-19-30)21-8-4-3-5-9-21/h3-5,8-17,26,29H,2,6-7,18-20H2,1H3,(H,28,31). The van der Waals surface area contributed by atoms with Crippen LogP contribution in [0, 0.1) is 0 Å². The molecule has 0 aromatic heterocycles. The molecule has 3 aromatic carbocycles. The first-order valence-corrected chi connectivity index (χ1v) is 13.4. The fraction of sp³-hybridized carbons (Fsp3) is 0.296. The first-order valence-electron chi connectivity index (χ1n) is 11.9. The summed E-state index contributed by atoms with van der Waals surface area (Å²) in [6.07, 6.45) is 2.33. The van der Waals surface area contributed by atoms with E-state index in [4.69, 9.17) is 4.74 Å². The number of ether oxygens (including phenoxy) is 1. The fourth-order valence-corrected chi connectivity index (χ4v) is 5.32. The maximum absolute atomic E-state index is 12.8. The number of likely N-dealkylation sites (tertiary alicyclic amines) is 1. The summed E-state index contributed by atoms with van der Waals surface area (Å²) in [5.74, 6) is 0.443. The number of carbonyl (C=O) groups is 1. The first kappa shape index (κ1) is 24.8. The minimum absolute atomic E-state index is 0.0853. The SMILES string of the molecule is CCOc1ccc(NS(=O)(=O)c2ccc(C(=O)NCC(c3ccccc3)N3CCCC3)cc2)cc1. The lowest BCUT2D eigenvalue weighted by Gasteiger charge is -2.28. The minimum Gasteiger partial charge on any atom is -0.494 e. The van der Waals surface area contributed by atoms with Crippen molar-refractivity contribution in [2.45, 2.75) is 30.7 Å². The zero-order valence-corrected chi connectivity index (χ0v) is 20.6. The number of anilines is 1. The average Bonchev–Trinajstić information content (AvgIpc) is 3.41. The third kappa shape index (κ3) is 6.41. The molecule has 1 unspecified atom stereocenters. The number of nitrogens with one attached hydrogen (secondary N) is 2. The summed E-state index contributed by atoms with van der Waals surface area (Å²) < 4.78 is 33.5. The summed E-state index contributed by atoms with van der Waals surface area (Å²) in [6.45, 7) is 4.95. The quantitative estimate of drug-likeness (QED) is 0.436. The van der Waals surface area contributed by atoms with Gasteiger partial charge >= 0.3 is 0 Å². The Morgan fingerprint density at radius 1 is 0.943 bits per heavy atom. The van der Waals surface area contributed by atoms with Gasteiger partial charge in [0.05, 0.1) is 17.5 Å². The van der Waals surface area contributed by atoms with Crippen LogP contribution in [-0.2, 0) is 10.0 Å². The van der Waals surface area contributed by atoms with Crippen molar-refractivity contribution in [3.8, 4) is 5.75 Å². The predicted molar refractivity (Wildman–Crippen MR) is 137 cm³/mol. The molecule has 0 aliphatic carbocycles. The number of amides is 1. The number of hydrogen-bond acceptors (Lipinski definition) is 5. The van der Waals surface area contributed by atoms with Crippen LogP contribution in [0.4, 0.5) is 5.69 Å². The molecule has 2 N–H and O–H groups in total. The highest BCUT2D eigenvalue weighted by Crippen LogP contribution is 2.25. The van der Waals surface area contributed by atoms with Crippen LogP contribution in [0.15, 0.2) is 83.8 Å². The summed E-state index contributed by atoms with van der Waals surface area (Å²) in [7, 11) is -3.78. The Morgan fingerprint density at radius 2 is 1.60 bits per heavy atom. The molecular formula is C27H31N3O4S. The van der Waals surface area contributed by atoms with E-state index in [1.807, 2.05) is 25.1 Å². The molecule has 1 aliphatic heterocycles. The van der Waals surface area contributed by atoms with Crippen molar-refractivity contribution in [3.05, 3.63) is 90.0 Å². The van der Waals surface area contributed by atoms with Crippen LogP contribution in [-0.4, -0.2) is 45.5 Å². The van der Waals surface area contributed by atoms with Gasteiger partial charge in [0.1, 0.15) is 5.75 Å². The number of rotatable bonds is 10. The van der Waals surface area contributed by atoms with E-state index in [-0.39, 0.29) is 16.8 Å². The van der Waals surface area contributed by atoms with E-state index in [0.29, 0.717) is 30.2 Å². The van der Waals surface area contributed by atoms with Gasteiger partial charge < -0.3 is 10.1 Å². The van der Waals surface area contributed by atoms with Crippen molar-refractivity contribution < 1.29 is 17.9 Å². The molecule has 1 saturated heterocycles. The van der Waals surface area contributed by atoms with Gasteiger partial charge in [0.2, 0.25) is 0 Å². The van der Waals surface area contributed by atoms with Crippen molar-refractivity contribution in [3.63, 3.8) is 0 Å². The van der Waals surface area contributed by atoms with E-state index < -0.39 is 10.0 Å². The van der Waals surface area contributed by atoms with Crippen LogP contribution in [0.2, 0.25) is 0 Å². The summed E-state index contributed by atoms with van der Waals surface area (Å²) in [5.41, 5.74) is 2.03. The molecular weight excluding hydrogens is 462 g/mol. The second kappa shape index (κ2) is 11.4. The molecule has 1 fully saturated rings. The van der Waals surface area contributed by atoms with Crippen molar-refractivity contribution in [1.29, 1.82) is 0 Å². The largest absolute Gasteiger partial charge is 0.494 e. The van der Waals surface area contributed by atoms with Gasteiger partial charge in [-0.05, 0) is 86.9 Å². The molecule has 7 nitrogen and oxygen atoms in total. The van der Waals surface area contributed by atoms with E-state index >= 15 is 0 Å². The zero-order valence-electron chi connectivity index (χ0n) is 19.8. The Kier molecular flexibility index (Phi) is 8.05. The molecule has 184 valence electrons. The van der Waals surface area contributed by atoms with Crippen LogP contribution in [0.25, 0.3) is 0 Å². The Hall–Kier alpha value is -3.36. The van der Waals surface area contributed by atoms with Crippen molar-refractivity contribution in [1.82, 2.24) is 10.2 Å². The molecule has 8 heteroatoms. The van der Waals surface area contributed by atoms with E-state index in [1.54, 1.807) is 24.3 Å².